The summed E-state index contributed by atoms with van der Waals surface area (Å²) >= 11 is 0. The van der Waals surface area contributed by atoms with Crippen LogP contribution in [0.5, 0.6) is 0 Å². The standard InChI is InChI=1S/C6H15N2/c1-4-8(3)5-7(2)6-8/h4-6H2,1-3H3/q+1. The lowest BCUT2D eigenvalue weighted by atomic mass is 10.4. The zero-order valence-electron chi connectivity index (χ0n) is 6.02. The van der Waals surface area contributed by atoms with Crippen LogP contribution in [0.25, 0.3) is 0 Å². The minimum absolute atomic E-state index is 1.23. The number of quaternary nitrogens is 1. The normalized spacial score (nSPS) is 27.4. The number of hydrogen-bond donors (Lipinski definition) is 0. The highest BCUT2D eigenvalue weighted by molar-refractivity contribution is 4.46. The van der Waals surface area contributed by atoms with Crippen molar-refractivity contribution in [1.29, 1.82) is 0 Å². The van der Waals surface area contributed by atoms with E-state index >= 15 is 0 Å². The van der Waals surface area contributed by atoms with Crippen LogP contribution in [0.2, 0.25) is 0 Å². The van der Waals surface area contributed by atoms with Crippen molar-refractivity contribution < 1.29 is 4.48 Å². The van der Waals surface area contributed by atoms with Crippen LogP contribution in [-0.2, 0) is 0 Å². The van der Waals surface area contributed by atoms with Crippen molar-refractivity contribution in [3.05, 3.63) is 0 Å². The summed E-state index contributed by atoms with van der Waals surface area (Å²) in [5.74, 6) is 0. The van der Waals surface area contributed by atoms with Gasteiger partial charge < -0.3 is 4.48 Å². The molecule has 0 atom stereocenters. The van der Waals surface area contributed by atoms with Crippen LogP contribution in [0.1, 0.15) is 6.92 Å². The fourth-order valence-electron chi connectivity index (χ4n) is 1.32. The molecule has 1 aliphatic rings. The van der Waals surface area contributed by atoms with Gasteiger partial charge in [-0.05, 0) is 14.0 Å². The molecular weight excluding hydrogens is 100 g/mol. The molecule has 0 radical (unpaired) electrons. The van der Waals surface area contributed by atoms with Crippen LogP contribution in [0, 0.1) is 0 Å². The zero-order chi connectivity index (χ0) is 6.20. The molecule has 1 heterocycles. The van der Waals surface area contributed by atoms with Gasteiger partial charge in [0.15, 0.2) is 0 Å². The molecule has 0 N–H and O–H groups in total. The molecule has 0 aromatic carbocycles. The Labute approximate surface area is 51.3 Å². The zero-order valence-corrected chi connectivity index (χ0v) is 6.02. The van der Waals surface area contributed by atoms with Gasteiger partial charge in [-0.3, -0.25) is 0 Å². The lowest BCUT2D eigenvalue weighted by Crippen LogP contribution is -2.65. The summed E-state index contributed by atoms with van der Waals surface area (Å²) in [6.07, 6.45) is 0. The molecule has 0 aromatic rings. The van der Waals surface area contributed by atoms with Crippen molar-refractivity contribution in [2.45, 2.75) is 6.92 Å². The van der Waals surface area contributed by atoms with Gasteiger partial charge in [0.05, 0.1) is 13.6 Å². The highest BCUT2D eigenvalue weighted by Gasteiger charge is 2.32. The molecule has 0 amide bonds. The quantitative estimate of drug-likeness (QED) is 0.445. The van der Waals surface area contributed by atoms with Gasteiger partial charge in [0.2, 0.25) is 0 Å². The van der Waals surface area contributed by atoms with Crippen LogP contribution in [-0.4, -0.2) is 43.4 Å². The van der Waals surface area contributed by atoms with Gasteiger partial charge in [0.1, 0.15) is 13.3 Å². The van der Waals surface area contributed by atoms with Crippen LogP contribution in [0.4, 0.5) is 0 Å². The average Bonchev–Trinajstić information content (AvgIpc) is 1.63. The molecular formula is C6H15N2+. The molecule has 0 saturated carbocycles. The highest BCUT2D eigenvalue weighted by Crippen LogP contribution is 2.13. The highest BCUT2D eigenvalue weighted by atomic mass is 15.6. The van der Waals surface area contributed by atoms with Crippen molar-refractivity contribution >= 4 is 0 Å². The van der Waals surface area contributed by atoms with E-state index in [0.717, 1.165) is 0 Å². The third-order valence-electron chi connectivity index (χ3n) is 1.93. The summed E-state index contributed by atoms with van der Waals surface area (Å²) in [6, 6.07) is 0. The van der Waals surface area contributed by atoms with Crippen molar-refractivity contribution in [2.24, 2.45) is 0 Å². The maximum atomic E-state index is 2.34. The largest absolute Gasteiger partial charge is 0.301 e. The molecule has 0 bridgehead atoms. The van der Waals surface area contributed by atoms with Crippen LogP contribution < -0.4 is 0 Å². The fraction of sp³-hybridized carbons (Fsp3) is 1.00. The first-order valence-corrected chi connectivity index (χ1v) is 3.18. The molecule has 8 heavy (non-hydrogen) atoms. The van der Waals surface area contributed by atoms with E-state index in [1.54, 1.807) is 0 Å². The Morgan fingerprint density at radius 3 is 2.12 bits per heavy atom. The Balaban J connectivity index is 2.30. The molecule has 48 valence electrons. The number of rotatable bonds is 1. The second-order valence-corrected chi connectivity index (χ2v) is 3.07. The lowest BCUT2D eigenvalue weighted by molar-refractivity contribution is -0.976. The maximum absolute atomic E-state index is 2.34. The van der Waals surface area contributed by atoms with Crippen molar-refractivity contribution in [2.75, 3.05) is 34.0 Å². The molecule has 1 fully saturated rings. The van der Waals surface area contributed by atoms with E-state index in [0.29, 0.717) is 0 Å². The SMILES string of the molecule is CC[N+]1(C)CN(C)C1. The van der Waals surface area contributed by atoms with Gasteiger partial charge in [0.25, 0.3) is 0 Å². The molecule has 1 aliphatic heterocycles. The van der Waals surface area contributed by atoms with Gasteiger partial charge >= 0.3 is 0 Å². The molecule has 0 aliphatic carbocycles. The van der Waals surface area contributed by atoms with E-state index in [-0.39, 0.29) is 0 Å². The van der Waals surface area contributed by atoms with Crippen molar-refractivity contribution in [1.82, 2.24) is 4.90 Å². The molecule has 0 unspecified atom stereocenters. The first-order chi connectivity index (χ1) is 3.66. The first kappa shape index (κ1) is 6.05. The third kappa shape index (κ3) is 0.858. The summed E-state index contributed by atoms with van der Waals surface area (Å²) in [4.78, 5) is 2.34. The number of hydrogen-bond acceptors (Lipinski definition) is 1. The van der Waals surface area contributed by atoms with Crippen LogP contribution >= 0.6 is 0 Å². The fourth-order valence-corrected chi connectivity index (χ4v) is 1.32. The Morgan fingerprint density at radius 2 is 2.00 bits per heavy atom. The third-order valence-corrected chi connectivity index (χ3v) is 1.93. The summed E-state index contributed by atoms with van der Waals surface area (Å²) in [6.45, 7) is 5.98. The topological polar surface area (TPSA) is 3.24 Å². The van der Waals surface area contributed by atoms with Crippen molar-refractivity contribution in [3.8, 4) is 0 Å². The summed E-state index contributed by atoms with van der Waals surface area (Å²) in [5.41, 5.74) is 0. The average molecular weight is 115 g/mol. The van der Waals surface area contributed by atoms with E-state index in [2.05, 4.69) is 25.9 Å². The minimum atomic E-state index is 1.23. The summed E-state index contributed by atoms with van der Waals surface area (Å²) < 4.78 is 1.23. The monoisotopic (exact) mass is 115 g/mol. The van der Waals surface area contributed by atoms with E-state index in [9.17, 15) is 0 Å². The van der Waals surface area contributed by atoms with E-state index in [1.807, 2.05) is 0 Å². The maximum Gasteiger partial charge on any atom is 0.139 e. The molecule has 1 saturated heterocycles. The second-order valence-electron chi connectivity index (χ2n) is 3.07. The van der Waals surface area contributed by atoms with Gasteiger partial charge in [-0.1, -0.05) is 0 Å². The molecule has 0 spiro atoms. The summed E-state index contributed by atoms with van der Waals surface area (Å²) in [7, 11) is 4.45. The van der Waals surface area contributed by atoms with Gasteiger partial charge in [0, 0.05) is 0 Å². The predicted molar refractivity (Wildman–Crippen MR) is 34.2 cm³/mol. The van der Waals surface area contributed by atoms with E-state index < -0.39 is 0 Å². The van der Waals surface area contributed by atoms with Crippen molar-refractivity contribution in [3.63, 3.8) is 0 Å². The Morgan fingerprint density at radius 1 is 1.50 bits per heavy atom. The van der Waals surface area contributed by atoms with Gasteiger partial charge in [-0.2, -0.15) is 0 Å². The second kappa shape index (κ2) is 1.71. The molecule has 2 heteroatoms. The van der Waals surface area contributed by atoms with E-state index in [1.165, 1.54) is 24.4 Å². The molecule has 2 nitrogen and oxygen atoms in total. The number of nitrogens with zero attached hydrogens (tertiary/aromatic N) is 2. The summed E-state index contributed by atoms with van der Waals surface area (Å²) in [5, 5.41) is 0. The first-order valence-electron chi connectivity index (χ1n) is 3.18. The minimum Gasteiger partial charge on any atom is -0.301 e. The van der Waals surface area contributed by atoms with Gasteiger partial charge in [-0.25, -0.2) is 4.90 Å². The van der Waals surface area contributed by atoms with Gasteiger partial charge in [-0.15, -0.1) is 0 Å². The molecule has 1 rings (SSSR count). The predicted octanol–water partition coefficient (Wildman–Crippen LogP) is 0.313. The smallest absolute Gasteiger partial charge is 0.139 e. The lowest BCUT2D eigenvalue weighted by Gasteiger charge is -2.47. The Kier molecular flexibility index (Phi) is 1.29. The Hall–Kier alpha value is -0.0800. The molecule has 0 aromatic heterocycles. The van der Waals surface area contributed by atoms with Crippen LogP contribution in [0.3, 0.4) is 0 Å². The Bertz CT molecular complexity index is 84.5. The van der Waals surface area contributed by atoms with Crippen LogP contribution in [0.15, 0.2) is 0 Å². The van der Waals surface area contributed by atoms with E-state index in [4.69, 9.17) is 0 Å².